The quantitative estimate of drug-likeness (QED) is 0.607. The third-order valence-electron chi connectivity index (χ3n) is 3.89. The molecular weight excluding hydrogens is 360 g/mol. The van der Waals surface area contributed by atoms with Gasteiger partial charge >= 0.3 is 6.18 Å². The SMILES string of the molecule is Cc1cc(Cl)ccc1Cc1cc2c(cc1Cl)C=CC(C(F)(F)F)O2. The maximum absolute atomic E-state index is 12.8. The second-order valence-electron chi connectivity index (χ2n) is 5.67. The van der Waals surface area contributed by atoms with E-state index in [1.807, 2.05) is 19.1 Å². The second kappa shape index (κ2) is 6.34. The first-order chi connectivity index (χ1) is 11.2. The molecule has 0 aliphatic carbocycles. The molecular formula is C18H13Cl2F3O. The summed E-state index contributed by atoms with van der Waals surface area (Å²) in [7, 11) is 0. The molecule has 0 fully saturated rings. The van der Waals surface area contributed by atoms with Gasteiger partial charge in [0, 0.05) is 15.6 Å². The van der Waals surface area contributed by atoms with E-state index >= 15 is 0 Å². The highest BCUT2D eigenvalue weighted by atomic mass is 35.5. The molecule has 1 nitrogen and oxygen atoms in total. The van der Waals surface area contributed by atoms with Gasteiger partial charge in [-0.05, 0) is 60.4 Å². The number of alkyl halides is 3. The molecule has 0 aromatic heterocycles. The van der Waals surface area contributed by atoms with E-state index in [1.54, 1.807) is 18.2 Å². The van der Waals surface area contributed by atoms with E-state index in [0.717, 1.165) is 17.2 Å². The van der Waals surface area contributed by atoms with Gasteiger partial charge in [0.05, 0.1) is 0 Å². The number of halogens is 5. The van der Waals surface area contributed by atoms with Crippen molar-refractivity contribution in [3.63, 3.8) is 0 Å². The summed E-state index contributed by atoms with van der Waals surface area (Å²) >= 11 is 12.2. The molecule has 0 saturated carbocycles. The Labute approximate surface area is 147 Å². The standard InChI is InChI=1S/C18H13Cl2F3O/c1-10-6-14(19)4-2-11(10)7-13-9-16-12(8-15(13)20)3-5-17(24-16)18(21,22)23/h2-6,8-9,17H,7H2,1H3. The summed E-state index contributed by atoms with van der Waals surface area (Å²) < 4.78 is 43.6. The molecule has 1 atom stereocenters. The van der Waals surface area contributed by atoms with Crippen molar-refractivity contribution in [2.75, 3.05) is 0 Å². The molecule has 0 bridgehead atoms. The van der Waals surface area contributed by atoms with Crippen LogP contribution < -0.4 is 4.74 Å². The van der Waals surface area contributed by atoms with E-state index in [0.29, 0.717) is 27.6 Å². The lowest BCUT2D eigenvalue weighted by Gasteiger charge is -2.24. The van der Waals surface area contributed by atoms with Gasteiger partial charge in [-0.3, -0.25) is 0 Å². The van der Waals surface area contributed by atoms with Crippen LogP contribution in [0.4, 0.5) is 13.2 Å². The zero-order valence-electron chi connectivity index (χ0n) is 12.6. The van der Waals surface area contributed by atoms with Crippen molar-refractivity contribution in [3.05, 3.63) is 68.7 Å². The Morgan fingerprint density at radius 1 is 1.08 bits per heavy atom. The smallest absolute Gasteiger partial charge is 0.429 e. The fraction of sp³-hybridized carbons (Fsp3) is 0.222. The molecule has 0 saturated heterocycles. The number of aryl methyl sites for hydroxylation is 1. The maximum Gasteiger partial charge on any atom is 0.429 e. The van der Waals surface area contributed by atoms with Crippen molar-refractivity contribution in [1.82, 2.24) is 0 Å². The number of fused-ring (bicyclic) bond motifs is 1. The Hall–Kier alpha value is -1.65. The minimum atomic E-state index is -4.44. The molecule has 0 amide bonds. The third-order valence-corrected chi connectivity index (χ3v) is 4.48. The van der Waals surface area contributed by atoms with Crippen LogP contribution in [0.15, 0.2) is 36.4 Å². The van der Waals surface area contributed by atoms with Crippen LogP contribution in [0.1, 0.15) is 22.3 Å². The van der Waals surface area contributed by atoms with Crippen LogP contribution in [0.3, 0.4) is 0 Å². The van der Waals surface area contributed by atoms with Crippen molar-refractivity contribution in [1.29, 1.82) is 0 Å². The van der Waals surface area contributed by atoms with E-state index in [1.165, 1.54) is 6.08 Å². The highest BCUT2D eigenvalue weighted by molar-refractivity contribution is 6.31. The second-order valence-corrected chi connectivity index (χ2v) is 6.51. The summed E-state index contributed by atoms with van der Waals surface area (Å²) in [5, 5.41) is 1.12. The zero-order chi connectivity index (χ0) is 17.5. The Bertz CT molecular complexity index is 813. The van der Waals surface area contributed by atoms with Crippen LogP contribution in [-0.2, 0) is 6.42 Å². The fourth-order valence-corrected chi connectivity index (χ4v) is 3.05. The molecule has 1 heterocycles. The number of hydrogen-bond donors (Lipinski definition) is 0. The predicted molar refractivity (Wildman–Crippen MR) is 90.0 cm³/mol. The van der Waals surface area contributed by atoms with E-state index in [-0.39, 0.29) is 5.75 Å². The number of rotatable bonds is 2. The molecule has 3 rings (SSSR count). The summed E-state index contributed by atoms with van der Waals surface area (Å²) in [4.78, 5) is 0. The maximum atomic E-state index is 12.8. The lowest BCUT2D eigenvalue weighted by atomic mass is 9.98. The molecule has 2 aromatic rings. The lowest BCUT2D eigenvalue weighted by molar-refractivity contribution is -0.180. The zero-order valence-corrected chi connectivity index (χ0v) is 14.1. The molecule has 24 heavy (non-hydrogen) atoms. The van der Waals surface area contributed by atoms with E-state index in [4.69, 9.17) is 27.9 Å². The number of hydrogen-bond acceptors (Lipinski definition) is 1. The summed E-state index contributed by atoms with van der Waals surface area (Å²) in [5.74, 6) is 0.186. The molecule has 0 spiro atoms. The van der Waals surface area contributed by atoms with Gasteiger partial charge in [0.2, 0.25) is 6.10 Å². The third kappa shape index (κ3) is 3.55. The molecule has 2 aromatic carbocycles. The Kier molecular flexibility index (Phi) is 4.54. The van der Waals surface area contributed by atoms with Gasteiger partial charge in [0.25, 0.3) is 0 Å². The normalized spacial score (nSPS) is 16.7. The van der Waals surface area contributed by atoms with E-state index in [2.05, 4.69) is 0 Å². The summed E-state index contributed by atoms with van der Waals surface area (Å²) in [5.41, 5.74) is 3.24. The van der Waals surface area contributed by atoms with Gasteiger partial charge < -0.3 is 4.74 Å². The Morgan fingerprint density at radius 2 is 1.83 bits per heavy atom. The lowest BCUT2D eigenvalue weighted by Crippen LogP contribution is -2.33. The van der Waals surface area contributed by atoms with Gasteiger partial charge in [-0.15, -0.1) is 0 Å². The topological polar surface area (TPSA) is 9.23 Å². The van der Waals surface area contributed by atoms with Crippen LogP contribution >= 0.6 is 23.2 Å². The molecule has 1 unspecified atom stereocenters. The van der Waals surface area contributed by atoms with Gasteiger partial charge in [0.1, 0.15) is 5.75 Å². The fourth-order valence-electron chi connectivity index (χ4n) is 2.58. The van der Waals surface area contributed by atoms with Crippen molar-refractivity contribution in [2.45, 2.75) is 25.6 Å². The molecule has 126 valence electrons. The largest absolute Gasteiger partial charge is 0.476 e. The van der Waals surface area contributed by atoms with Crippen molar-refractivity contribution in [2.24, 2.45) is 0 Å². The monoisotopic (exact) mass is 372 g/mol. The van der Waals surface area contributed by atoms with Crippen LogP contribution in [-0.4, -0.2) is 12.3 Å². The minimum absolute atomic E-state index is 0.186. The van der Waals surface area contributed by atoms with Crippen LogP contribution in [0.5, 0.6) is 5.75 Å². The average molecular weight is 373 g/mol. The highest BCUT2D eigenvalue weighted by Gasteiger charge is 2.41. The molecule has 0 radical (unpaired) electrons. The van der Waals surface area contributed by atoms with Crippen LogP contribution in [0, 0.1) is 6.92 Å². The summed E-state index contributed by atoms with van der Waals surface area (Å²) in [6.45, 7) is 1.92. The average Bonchev–Trinajstić information content (AvgIpc) is 2.49. The van der Waals surface area contributed by atoms with E-state index < -0.39 is 12.3 Å². The highest BCUT2D eigenvalue weighted by Crippen LogP contribution is 2.37. The molecule has 1 aliphatic rings. The molecule has 1 aliphatic heterocycles. The van der Waals surface area contributed by atoms with Crippen molar-refractivity contribution < 1.29 is 17.9 Å². The Morgan fingerprint density at radius 3 is 2.50 bits per heavy atom. The molecule has 0 N–H and O–H groups in total. The minimum Gasteiger partial charge on any atom is -0.476 e. The van der Waals surface area contributed by atoms with Gasteiger partial charge in [-0.25, -0.2) is 0 Å². The number of ether oxygens (including phenoxy) is 1. The summed E-state index contributed by atoms with van der Waals surface area (Å²) in [6.07, 6.45) is -3.52. The number of benzene rings is 2. The van der Waals surface area contributed by atoms with Gasteiger partial charge in [0.15, 0.2) is 0 Å². The van der Waals surface area contributed by atoms with Crippen molar-refractivity contribution >= 4 is 29.3 Å². The molecule has 6 heteroatoms. The summed E-state index contributed by atoms with van der Waals surface area (Å²) in [6, 6.07) is 8.69. The first-order valence-electron chi connectivity index (χ1n) is 7.23. The first-order valence-corrected chi connectivity index (χ1v) is 7.98. The Balaban J connectivity index is 1.93. The predicted octanol–water partition coefficient (Wildman–Crippen LogP) is 6.23. The van der Waals surface area contributed by atoms with Crippen LogP contribution in [0.25, 0.3) is 6.08 Å². The van der Waals surface area contributed by atoms with Gasteiger partial charge in [-0.2, -0.15) is 13.2 Å². The van der Waals surface area contributed by atoms with Crippen LogP contribution in [0.2, 0.25) is 10.0 Å². The van der Waals surface area contributed by atoms with E-state index in [9.17, 15) is 13.2 Å². The van der Waals surface area contributed by atoms with Crippen molar-refractivity contribution in [3.8, 4) is 5.75 Å². The van der Waals surface area contributed by atoms with Gasteiger partial charge in [-0.1, -0.05) is 35.3 Å². The first kappa shape index (κ1) is 17.2.